The van der Waals surface area contributed by atoms with Gasteiger partial charge in [-0.2, -0.15) is 13.2 Å². The van der Waals surface area contributed by atoms with E-state index in [9.17, 15) is 17.6 Å². The third-order valence-electron chi connectivity index (χ3n) is 3.98. The van der Waals surface area contributed by atoms with Crippen molar-refractivity contribution < 1.29 is 17.6 Å². The van der Waals surface area contributed by atoms with Crippen LogP contribution in [0.25, 0.3) is 0 Å². The number of likely N-dealkylation sites (tertiary alicyclic amines) is 1. The maximum Gasteiger partial charge on any atom is 0.416 e. The van der Waals surface area contributed by atoms with Crippen molar-refractivity contribution in [2.45, 2.75) is 37.9 Å². The number of hydrogen-bond acceptors (Lipinski definition) is 2. The molecular weight excluding hydrogens is 284 g/mol. The molecule has 0 radical (unpaired) electrons. The van der Waals surface area contributed by atoms with E-state index in [1.165, 1.54) is 6.07 Å². The summed E-state index contributed by atoms with van der Waals surface area (Å²) in [5.74, 6) is -0.877. The Morgan fingerprint density at radius 3 is 2.24 bits per heavy atom. The topological polar surface area (TPSA) is 29.3 Å². The highest BCUT2D eigenvalue weighted by atomic mass is 19.4. The highest BCUT2D eigenvalue weighted by Gasteiger charge is 2.36. The molecule has 1 unspecified atom stereocenters. The number of nitrogens with two attached hydrogens (primary N) is 1. The molecule has 2 N–H and O–H groups in total. The highest BCUT2D eigenvalue weighted by molar-refractivity contribution is 5.33. The summed E-state index contributed by atoms with van der Waals surface area (Å²) >= 11 is 0. The fourth-order valence-corrected chi connectivity index (χ4v) is 2.94. The molecule has 0 aliphatic carbocycles. The molecule has 1 heterocycles. The van der Waals surface area contributed by atoms with Crippen LogP contribution in [0, 0.1) is 5.82 Å². The van der Waals surface area contributed by atoms with Gasteiger partial charge in [0.2, 0.25) is 0 Å². The predicted molar refractivity (Wildman–Crippen MR) is 73.2 cm³/mol. The molecule has 0 aromatic heterocycles. The van der Waals surface area contributed by atoms with E-state index in [2.05, 4.69) is 0 Å². The first-order chi connectivity index (χ1) is 9.93. The lowest BCUT2D eigenvalue weighted by molar-refractivity contribution is -0.139. The van der Waals surface area contributed by atoms with E-state index in [0.29, 0.717) is 6.07 Å². The van der Waals surface area contributed by atoms with E-state index in [4.69, 9.17) is 5.73 Å². The molecule has 0 spiro atoms. The minimum absolute atomic E-state index is 0.0771. The average molecular weight is 304 g/mol. The fraction of sp³-hybridized carbons (Fsp3) is 0.600. The van der Waals surface area contributed by atoms with Crippen molar-refractivity contribution in [2.75, 3.05) is 19.6 Å². The van der Waals surface area contributed by atoms with Crippen LogP contribution >= 0.6 is 0 Å². The second-order valence-corrected chi connectivity index (χ2v) is 5.43. The van der Waals surface area contributed by atoms with Crippen LogP contribution in [0.15, 0.2) is 18.2 Å². The van der Waals surface area contributed by atoms with Gasteiger partial charge in [0.1, 0.15) is 5.82 Å². The minimum Gasteiger partial charge on any atom is -0.329 e. The van der Waals surface area contributed by atoms with Crippen LogP contribution in [-0.2, 0) is 6.18 Å². The lowest BCUT2D eigenvalue weighted by Gasteiger charge is -2.31. The van der Waals surface area contributed by atoms with E-state index in [-0.39, 0.29) is 12.1 Å². The van der Waals surface area contributed by atoms with Crippen molar-refractivity contribution in [1.82, 2.24) is 4.90 Å². The van der Waals surface area contributed by atoms with Crippen molar-refractivity contribution in [2.24, 2.45) is 5.73 Å². The monoisotopic (exact) mass is 304 g/mol. The third kappa shape index (κ3) is 3.95. The van der Waals surface area contributed by atoms with Gasteiger partial charge in [-0.3, -0.25) is 4.90 Å². The quantitative estimate of drug-likeness (QED) is 0.862. The molecule has 6 heteroatoms. The molecule has 1 fully saturated rings. The first kappa shape index (κ1) is 16.2. The van der Waals surface area contributed by atoms with Crippen molar-refractivity contribution in [1.29, 1.82) is 0 Å². The summed E-state index contributed by atoms with van der Waals surface area (Å²) in [6.07, 6.45) is -0.485. The summed E-state index contributed by atoms with van der Waals surface area (Å²) in [5, 5.41) is 0. The molecule has 1 aliphatic heterocycles. The zero-order chi connectivity index (χ0) is 15.5. The van der Waals surface area contributed by atoms with Gasteiger partial charge in [-0.1, -0.05) is 18.9 Å². The molecule has 2 rings (SSSR count). The number of alkyl halides is 3. The Morgan fingerprint density at radius 1 is 1.10 bits per heavy atom. The summed E-state index contributed by atoms with van der Waals surface area (Å²) < 4.78 is 52.6. The standard InChI is InChI=1S/C15H20F4N2/c16-11-5-6-12(13(9-11)15(17,18)19)14(10-20)21-7-3-1-2-4-8-21/h5-6,9,14H,1-4,7-8,10,20H2. The van der Waals surface area contributed by atoms with Crippen LogP contribution in [0.2, 0.25) is 0 Å². The summed E-state index contributed by atoms with van der Waals surface area (Å²) in [5.41, 5.74) is 4.90. The van der Waals surface area contributed by atoms with Crippen molar-refractivity contribution in [3.63, 3.8) is 0 Å². The summed E-state index contributed by atoms with van der Waals surface area (Å²) in [6.45, 7) is 1.56. The molecular formula is C15H20F4N2. The van der Waals surface area contributed by atoms with Gasteiger partial charge in [0.05, 0.1) is 5.56 Å². The molecule has 1 atom stereocenters. The molecule has 1 aromatic rings. The Kier molecular flexibility index (Phi) is 5.22. The molecule has 0 amide bonds. The summed E-state index contributed by atoms with van der Waals surface area (Å²) in [6, 6.07) is 2.35. The molecule has 118 valence electrons. The van der Waals surface area contributed by atoms with Crippen LogP contribution in [0.3, 0.4) is 0 Å². The fourth-order valence-electron chi connectivity index (χ4n) is 2.94. The van der Waals surface area contributed by atoms with E-state index in [1.807, 2.05) is 4.90 Å². The smallest absolute Gasteiger partial charge is 0.329 e. The number of halogens is 4. The van der Waals surface area contributed by atoms with Gasteiger partial charge in [-0.25, -0.2) is 4.39 Å². The van der Waals surface area contributed by atoms with Crippen LogP contribution in [0.4, 0.5) is 17.6 Å². The normalized spacial score (nSPS) is 19.3. The predicted octanol–water partition coefficient (Wildman–Crippen LogP) is 3.72. The third-order valence-corrected chi connectivity index (χ3v) is 3.98. The average Bonchev–Trinajstić information content (AvgIpc) is 2.69. The maximum absolute atomic E-state index is 13.2. The number of rotatable bonds is 3. The van der Waals surface area contributed by atoms with Gasteiger partial charge in [-0.05, 0) is 43.6 Å². The van der Waals surface area contributed by atoms with Gasteiger partial charge in [-0.15, -0.1) is 0 Å². The van der Waals surface area contributed by atoms with E-state index in [0.717, 1.165) is 44.8 Å². The Balaban J connectivity index is 2.37. The van der Waals surface area contributed by atoms with Gasteiger partial charge in [0.25, 0.3) is 0 Å². The number of benzene rings is 1. The van der Waals surface area contributed by atoms with Gasteiger partial charge >= 0.3 is 6.18 Å². The molecule has 1 aromatic carbocycles. The Labute approximate surface area is 121 Å². The molecule has 0 bridgehead atoms. The van der Waals surface area contributed by atoms with E-state index in [1.54, 1.807) is 0 Å². The summed E-state index contributed by atoms with van der Waals surface area (Å²) in [4.78, 5) is 2.00. The second kappa shape index (κ2) is 6.75. The lowest BCUT2D eigenvalue weighted by atomic mass is 9.98. The highest BCUT2D eigenvalue weighted by Crippen LogP contribution is 2.37. The van der Waals surface area contributed by atoms with Crippen molar-refractivity contribution in [3.05, 3.63) is 35.1 Å². The second-order valence-electron chi connectivity index (χ2n) is 5.43. The largest absolute Gasteiger partial charge is 0.416 e. The van der Waals surface area contributed by atoms with Crippen LogP contribution < -0.4 is 5.73 Å². The number of nitrogens with zero attached hydrogens (tertiary/aromatic N) is 1. The van der Waals surface area contributed by atoms with Gasteiger partial charge < -0.3 is 5.73 Å². The maximum atomic E-state index is 13.2. The molecule has 1 aliphatic rings. The van der Waals surface area contributed by atoms with Crippen LogP contribution in [0.5, 0.6) is 0 Å². The Hall–Kier alpha value is -1.14. The molecule has 1 saturated heterocycles. The molecule has 21 heavy (non-hydrogen) atoms. The minimum atomic E-state index is -4.57. The van der Waals surface area contributed by atoms with Gasteiger partial charge in [0.15, 0.2) is 0 Å². The van der Waals surface area contributed by atoms with E-state index < -0.39 is 23.6 Å². The molecule has 0 saturated carbocycles. The lowest BCUT2D eigenvalue weighted by Crippen LogP contribution is -2.35. The Bertz CT molecular complexity index is 465. The van der Waals surface area contributed by atoms with Gasteiger partial charge in [0, 0.05) is 12.6 Å². The SMILES string of the molecule is NCC(c1ccc(F)cc1C(F)(F)F)N1CCCCCC1. The van der Waals surface area contributed by atoms with Crippen molar-refractivity contribution >= 4 is 0 Å². The van der Waals surface area contributed by atoms with Crippen LogP contribution in [0.1, 0.15) is 42.9 Å². The number of hydrogen-bond donors (Lipinski definition) is 1. The zero-order valence-electron chi connectivity index (χ0n) is 11.8. The van der Waals surface area contributed by atoms with Crippen molar-refractivity contribution in [3.8, 4) is 0 Å². The summed E-state index contributed by atoms with van der Waals surface area (Å²) in [7, 11) is 0. The first-order valence-corrected chi connectivity index (χ1v) is 7.24. The molecule has 2 nitrogen and oxygen atoms in total. The Morgan fingerprint density at radius 2 is 1.71 bits per heavy atom. The first-order valence-electron chi connectivity index (χ1n) is 7.24. The van der Waals surface area contributed by atoms with E-state index >= 15 is 0 Å². The zero-order valence-corrected chi connectivity index (χ0v) is 11.8. The van der Waals surface area contributed by atoms with Crippen LogP contribution in [-0.4, -0.2) is 24.5 Å².